The topological polar surface area (TPSA) is 76.1 Å². The smallest absolute Gasteiger partial charge is 0.308 e. The summed E-state index contributed by atoms with van der Waals surface area (Å²) in [4.78, 5) is 27.1. The number of hydrogen-bond acceptors (Lipinski definition) is 6. The molecule has 1 unspecified atom stereocenters. The largest absolute Gasteiger partial charge is 0.466 e. The van der Waals surface area contributed by atoms with Crippen molar-refractivity contribution in [2.45, 2.75) is 213 Å². The fourth-order valence-electron chi connectivity index (χ4n) is 6.50. The minimum Gasteiger partial charge on any atom is -0.466 e. The number of unbranched alkanes of at least 4 members (excludes halogenated alkanes) is 21. The van der Waals surface area contributed by atoms with Gasteiger partial charge in [0.1, 0.15) is 0 Å². The molecule has 0 aliphatic rings. The number of esters is 2. The van der Waals surface area contributed by atoms with Crippen molar-refractivity contribution in [3.8, 4) is 0 Å². The molecule has 0 rings (SSSR count). The fourth-order valence-corrected chi connectivity index (χ4v) is 6.50. The minimum atomic E-state index is -0.0134. The summed E-state index contributed by atoms with van der Waals surface area (Å²) in [6.45, 7) is 11.6. The Bertz CT molecular complexity index is 672. The first-order chi connectivity index (χ1) is 23.6. The Morgan fingerprint density at radius 2 is 0.896 bits per heavy atom. The van der Waals surface area contributed by atoms with Crippen molar-refractivity contribution in [3.63, 3.8) is 0 Å². The van der Waals surface area contributed by atoms with Gasteiger partial charge in [0.05, 0.1) is 19.1 Å². The van der Waals surface area contributed by atoms with Crippen LogP contribution in [-0.2, 0) is 19.1 Å². The molecule has 0 spiro atoms. The summed E-state index contributed by atoms with van der Waals surface area (Å²) in [5.41, 5.74) is 0. The summed E-state index contributed by atoms with van der Waals surface area (Å²) in [7, 11) is 0. The quantitative estimate of drug-likeness (QED) is 0.0514. The van der Waals surface area contributed by atoms with Gasteiger partial charge in [0, 0.05) is 13.0 Å². The van der Waals surface area contributed by atoms with Crippen LogP contribution in [0.4, 0.5) is 0 Å². The van der Waals surface area contributed by atoms with E-state index in [0.29, 0.717) is 26.2 Å². The van der Waals surface area contributed by atoms with Crippen LogP contribution in [0.2, 0.25) is 0 Å². The third-order valence-electron chi connectivity index (χ3n) is 9.76. The molecule has 48 heavy (non-hydrogen) atoms. The Morgan fingerprint density at radius 1 is 0.479 bits per heavy atom. The first kappa shape index (κ1) is 46.9. The Morgan fingerprint density at radius 3 is 1.44 bits per heavy atom. The van der Waals surface area contributed by atoms with E-state index < -0.39 is 0 Å². The molecule has 0 radical (unpaired) electrons. The van der Waals surface area contributed by atoms with Gasteiger partial charge in [-0.05, 0) is 77.4 Å². The second-order valence-corrected chi connectivity index (χ2v) is 14.5. The fraction of sp³-hybridized carbons (Fsp3) is 0.952. The molecule has 0 bridgehead atoms. The summed E-state index contributed by atoms with van der Waals surface area (Å²) >= 11 is 0. The van der Waals surface area contributed by atoms with E-state index in [-0.39, 0.29) is 17.9 Å². The second-order valence-electron chi connectivity index (χ2n) is 14.5. The Balaban J connectivity index is 3.84. The highest BCUT2D eigenvalue weighted by Gasteiger charge is 2.19. The number of ether oxygens (including phenoxy) is 2. The minimum absolute atomic E-state index is 0.0134. The van der Waals surface area contributed by atoms with Crippen LogP contribution in [0.25, 0.3) is 0 Å². The van der Waals surface area contributed by atoms with Crippen LogP contribution in [0.3, 0.4) is 0 Å². The van der Waals surface area contributed by atoms with Gasteiger partial charge in [-0.2, -0.15) is 0 Å². The lowest BCUT2D eigenvalue weighted by molar-refractivity contribution is -0.149. The lowest BCUT2D eigenvalue weighted by Gasteiger charge is -2.22. The van der Waals surface area contributed by atoms with Crippen molar-refractivity contribution < 1.29 is 24.2 Å². The standard InChI is InChI=1S/C42H83NO5/c1-4-7-10-18-24-33-41(45)47-38-29-21-16-12-14-19-25-34-43(36-27-28-37-44)35-26-20-15-13-17-22-30-39-48-42(46)40(31-9-6-3)32-23-11-8-5-2/h40,44H,4-39H2,1-3H3. The van der Waals surface area contributed by atoms with E-state index in [1.807, 2.05) is 0 Å². The van der Waals surface area contributed by atoms with Gasteiger partial charge < -0.3 is 19.5 Å². The summed E-state index contributed by atoms with van der Waals surface area (Å²) in [5.74, 6) is 0.152. The molecule has 0 aromatic heterocycles. The number of nitrogens with zero attached hydrogens (tertiary/aromatic N) is 1. The molecule has 0 amide bonds. The van der Waals surface area contributed by atoms with E-state index in [4.69, 9.17) is 9.47 Å². The predicted octanol–water partition coefficient (Wildman–Crippen LogP) is 11.7. The molecule has 0 aromatic rings. The third-order valence-corrected chi connectivity index (χ3v) is 9.76. The number of aliphatic hydroxyl groups is 1. The Kier molecular flexibility index (Phi) is 37.7. The zero-order valence-corrected chi connectivity index (χ0v) is 32.6. The van der Waals surface area contributed by atoms with E-state index in [9.17, 15) is 14.7 Å². The molecule has 0 fully saturated rings. The van der Waals surface area contributed by atoms with Crippen molar-refractivity contribution in [2.24, 2.45) is 5.92 Å². The zero-order chi connectivity index (χ0) is 35.2. The predicted molar refractivity (Wildman–Crippen MR) is 204 cm³/mol. The summed E-state index contributed by atoms with van der Waals surface area (Å²) in [6, 6.07) is 0. The number of aliphatic hydroxyl groups excluding tert-OH is 1. The number of rotatable bonds is 39. The first-order valence-electron chi connectivity index (χ1n) is 21.2. The van der Waals surface area contributed by atoms with Crippen LogP contribution in [0.5, 0.6) is 0 Å². The molecule has 286 valence electrons. The molecular weight excluding hydrogens is 598 g/mol. The average molecular weight is 682 g/mol. The van der Waals surface area contributed by atoms with E-state index >= 15 is 0 Å². The molecule has 0 saturated heterocycles. The molecule has 0 aliphatic heterocycles. The lowest BCUT2D eigenvalue weighted by Crippen LogP contribution is -2.27. The zero-order valence-electron chi connectivity index (χ0n) is 32.6. The van der Waals surface area contributed by atoms with Crippen molar-refractivity contribution in [3.05, 3.63) is 0 Å². The maximum atomic E-state index is 12.6. The average Bonchev–Trinajstić information content (AvgIpc) is 3.09. The number of carbonyl (C=O) groups excluding carboxylic acids is 2. The van der Waals surface area contributed by atoms with Gasteiger partial charge in [-0.15, -0.1) is 0 Å². The van der Waals surface area contributed by atoms with E-state index in [1.54, 1.807) is 0 Å². The van der Waals surface area contributed by atoms with E-state index in [1.165, 1.54) is 116 Å². The van der Waals surface area contributed by atoms with Crippen molar-refractivity contribution in [1.82, 2.24) is 4.90 Å². The van der Waals surface area contributed by atoms with Crippen molar-refractivity contribution >= 4 is 11.9 Å². The molecule has 0 heterocycles. The molecule has 0 aromatic carbocycles. The van der Waals surface area contributed by atoms with Crippen LogP contribution in [0, 0.1) is 5.92 Å². The lowest BCUT2D eigenvalue weighted by atomic mass is 9.95. The van der Waals surface area contributed by atoms with Crippen LogP contribution in [-0.4, -0.2) is 61.4 Å². The van der Waals surface area contributed by atoms with Gasteiger partial charge in [0.15, 0.2) is 0 Å². The molecular formula is C42H83NO5. The first-order valence-corrected chi connectivity index (χ1v) is 21.2. The Labute approximate surface area is 299 Å². The molecule has 6 nitrogen and oxygen atoms in total. The van der Waals surface area contributed by atoms with Gasteiger partial charge in [0.2, 0.25) is 0 Å². The van der Waals surface area contributed by atoms with Crippen LogP contribution in [0.1, 0.15) is 213 Å². The summed E-state index contributed by atoms with van der Waals surface area (Å²) < 4.78 is 11.1. The highest BCUT2D eigenvalue weighted by Crippen LogP contribution is 2.19. The molecule has 1 atom stereocenters. The van der Waals surface area contributed by atoms with Crippen LogP contribution < -0.4 is 0 Å². The molecule has 6 heteroatoms. The van der Waals surface area contributed by atoms with Gasteiger partial charge in [-0.25, -0.2) is 0 Å². The maximum absolute atomic E-state index is 12.6. The number of hydrogen-bond donors (Lipinski definition) is 1. The number of carbonyl (C=O) groups is 2. The SMILES string of the molecule is CCCCCCCC(=O)OCCCCCCCCCN(CCCCO)CCCCCCCCCOC(=O)C(CCCC)CCCCCC. The van der Waals surface area contributed by atoms with Crippen LogP contribution >= 0.6 is 0 Å². The molecule has 1 N–H and O–H groups in total. The highest BCUT2D eigenvalue weighted by atomic mass is 16.5. The monoisotopic (exact) mass is 682 g/mol. The van der Waals surface area contributed by atoms with Gasteiger partial charge in [0.25, 0.3) is 0 Å². The van der Waals surface area contributed by atoms with E-state index in [0.717, 1.165) is 90.0 Å². The molecule has 0 saturated carbocycles. The van der Waals surface area contributed by atoms with Gasteiger partial charge in [-0.1, -0.05) is 149 Å². The highest BCUT2D eigenvalue weighted by molar-refractivity contribution is 5.72. The Hall–Kier alpha value is -1.14. The second kappa shape index (κ2) is 38.7. The third kappa shape index (κ3) is 33.4. The van der Waals surface area contributed by atoms with Gasteiger partial charge in [-0.3, -0.25) is 9.59 Å². The normalized spacial score (nSPS) is 12.1. The van der Waals surface area contributed by atoms with E-state index in [2.05, 4.69) is 25.7 Å². The maximum Gasteiger partial charge on any atom is 0.308 e. The van der Waals surface area contributed by atoms with Crippen LogP contribution in [0.15, 0.2) is 0 Å². The summed E-state index contributed by atoms with van der Waals surface area (Å²) in [5, 5.41) is 9.23. The van der Waals surface area contributed by atoms with Gasteiger partial charge >= 0.3 is 11.9 Å². The summed E-state index contributed by atoms with van der Waals surface area (Å²) in [6.07, 6.45) is 34.6. The molecule has 0 aliphatic carbocycles. The van der Waals surface area contributed by atoms with Crippen molar-refractivity contribution in [2.75, 3.05) is 39.5 Å². The van der Waals surface area contributed by atoms with Crippen molar-refractivity contribution in [1.29, 1.82) is 0 Å².